The molecule has 0 atom stereocenters. The monoisotopic (exact) mass is 439 g/mol. The van der Waals surface area contributed by atoms with Crippen molar-refractivity contribution in [2.45, 2.75) is 6.92 Å². The van der Waals surface area contributed by atoms with E-state index in [1.54, 1.807) is 23.7 Å². The first-order valence-corrected chi connectivity index (χ1v) is 11.3. The first kappa shape index (κ1) is 20.2. The molecule has 158 valence electrons. The smallest absolute Gasteiger partial charge is 0.195 e. The lowest BCUT2D eigenvalue weighted by Gasteiger charge is -2.10. The lowest BCUT2D eigenvalue weighted by Crippen LogP contribution is -2.11. The topological polar surface area (TPSA) is 64.1 Å². The van der Waals surface area contributed by atoms with Gasteiger partial charge in [0.1, 0.15) is 12.4 Å². The first-order chi connectivity index (χ1) is 15.7. The Labute approximate surface area is 190 Å². The Morgan fingerprint density at radius 3 is 2.62 bits per heavy atom. The van der Waals surface area contributed by atoms with E-state index in [4.69, 9.17) is 4.74 Å². The van der Waals surface area contributed by atoms with Crippen molar-refractivity contribution in [3.05, 3.63) is 106 Å². The number of hydrogen-bond acceptors (Lipinski definition) is 6. The third kappa shape index (κ3) is 3.81. The van der Waals surface area contributed by atoms with E-state index < -0.39 is 0 Å². The summed E-state index contributed by atoms with van der Waals surface area (Å²) < 4.78 is 5.75. The SMILES string of the molecule is Cc1ncsc1C1=C(c2cccnc2)C(=O)c2cc(NCCOc3ccccc3)ccc21. The van der Waals surface area contributed by atoms with Crippen molar-refractivity contribution in [3.63, 3.8) is 0 Å². The number of Topliss-reactive ketones (excluding diaryl/α,β-unsaturated/α-hetero) is 1. The molecule has 0 saturated heterocycles. The van der Waals surface area contributed by atoms with Gasteiger partial charge in [0.15, 0.2) is 5.78 Å². The van der Waals surface area contributed by atoms with E-state index in [1.165, 1.54) is 0 Å². The molecule has 0 spiro atoms. The van der Waals surface area contributed by atoms with Gasteiger partial charge in [-0.2, -0.15) is 0 Å². The lowest BCUT2D eigenvalue weighted by atomic mass is 9.99. The molecule has 0 bridgehead atoms. The molecule has 0 fully saturated rings. The fourth-order valence-electron chi connectivity index (χ4n) is 3.89. The highest BCUT2D eigenvalue weighted by Crippen LogP contribution is 2.44. The normalized spacial score (nSPS) is 12.7. The molecule has 4 aromatic rings. The number of anilines is 1. The van der Waals surface area contributed by atoms with Crippen LogP contribution in [0.15, 0.2) is 78.6 Å². The highest BCUT2D eigenvalue weighted by molar-refractivity contribution is 7.11. The number of pyridine rings is 1. The van der Waals surface area contributed by atoms with Crippen LogP contribution in [0.5, 0.6) is 5.75 Å². The van der Waals surface area contributed by atoms with Crippen LogP contribution in [0.2, 0.25) is 0 Å². The summed E-state index contributed by atoms with van der Waals surface area (Å²) in [6.45, 7) is 3.13. The summed E-state index contributed by atoms with van der Waals surface area (Å²) in [6, 6.07) is 19.5. The molecule has 0 unspecified atom stereocenters. The Bertz CT molecular complexity index is 1300. The predicted octanol–water partition coefficient (Wildman–Crippen LogP) is 5.49. The van der Waals surface area contributed by atoms with Crippen LogP contribution in [-0.4, -0.2) is 28.9 Å². The van der Waals surface area contributed by atoms with Gasteiger partial charge in [0, 0.05) is 46.9 Å². The minimum Gasteiger partial charge on any atom is -0.492 e. The number of carbonyl (C=O) groups is 1. The standard InChI is InChI=1S/C26H21N3O2S/c1-17-26(32-16-29-17)24-21-10-9-19(28-12-13-31-20-7-3-2-4-8-20)14-22(21)25(30)23(24)18-6-5-11-27-15-18/h2-11,14-16,28H,12-13H2,1H3. The van der Waals surface area contributed by atoms with E-state index in [9.17, 15) is 4.79 Å². The van der Waals surface area contributed by atoms with Gasteiger partial charge in [-0.3, -0.25) is 9.78 Å². The van der Waals surface area contributed by atoms with Gasteiger partial charge in [-0.1, -0.05) is 30.3 Å². The molecular formula is C26H21N3O2S. The molecule has 0 saturated carbocycles. The lowest BCUT2D eigenvalue weighted by molar-refractivity contribution is 0.105. The van der Waals surface area contributed by atoms with E-state index in [0.717, 1.165) is 38.7 Å². The maximum Gasteiger partial charge on any atom is 0.195 e. The number of allylic oxidation sites excluding steroid dienone is 1. The van der Waals surface area contributed by atoms with Crippen molar-refractivity contribution < 1.29 is 9.53 Å². The van der Waals surface area contributed by atoms with Crippen molar-refractivity contribution in [2.75, 3.05) is 18.5 Å². The Balaban J connectivity index is 1.42. The third-order valence-corrected chi connectivity index (χ3v) is 6.32. The van der Waals surface area contributed by atoms with Crippen molar-refractivity contribution in [3.8, 4) is 5.75 Å². The number of thiazole rings is 1. The van der Waals surface area contributed by atoms with Crippen LogP contribution in [0.3, 0.4) is 0 Å². The van der Waals surface area contributed by atoms with Crippen molar-refractivity contribution in [2.24, 2.45) is 0 Å². The molecule has 32 heavy (non-hydrogen) atoms. The molecule has 6 heteroatoms. The van der Waals surface area contributed by atoms with Crippen LogP contribution >= 0.6 is 11.3 Å². The molecule has 0 radical (unpaired) electrons. The summed E-state index contributed by atoms with van der Waals surface area (Å²) in [7, 11) is 0. The maximum atomic E-state index is 13.5. The number of aryl methyl sites for hydroxylation is 1. The van der Waals surface area contributed by atoms with Gasteiger partial charge in [0.2, 0.25) is 0 Å². The Morgan fingerprint density at radius 2 is 1.88 bits per heavy atom. The molecule has 0 aliphatic heterocycles. The van der Waals surface area contributed by atoms with Crippen LogP contribution in [-0.2, 0) is 0 Å². The summed E-state index contributed by atoms with van der Waals surface area (Å²) in [5, 5.41) is 3.36. The van der Waals surface area contributed by atoms with E-state index in [0.29, 0.717) is 24.3 Å². The number of aromatic nitrogens is 2. The zero-order valence-corrected chi connectivity index (χ0v) is 18.4. The molecule has 2 aromatic heterocycles. The number of para-hydroxylation sites is 1. The average molecular weight is 440 g/mol. The van der Waals surface area contributed by atoms with Gasteiger partial charge in [0.05, 0.1) is 16.1 Å². The van der Waals surface area contributed by atoms with Crippen LogP contribution in [0.4, 0.5) is 5.69 Å². The number of nitrogens with zero attached hydrogens (tertiary/aromatic N) is 2. The van der Waals surface area contributed by atoms with Gasteiger partial charge >= 0.3 is 0 Å². The Hall–Kier alpha value is -3.77. The molecule has 5 rings (SSSR count). The highest BCUT2D eigenvalue weighted by Gasteiger charge is 2.33. The molecule has 2 aromatic carbocycles. The third-order valence-electron chi connectivity index (χ3n) is 5.38. The van der Waals surface area contributed by atoms with E-state index in [1.807, 2.05) is 73.1 Å². The summed E-state index contributed by atoms with van der Waals surface area (Å²) in [5.74, 6) is 0.855. The second-order valence-electron chi connectivity index (χ2n) is 7.44. The Kier molecular flexibility index (Phi) is 5.52. The predicted molar refractivity (Wildman–Crippen MR) is 128 cm³/mol. The average Bonchev–Trinajstić information content (AvgIpc) is 3.38. The number of fused-ring (bicyclic) bond motifs is 1. The summed E-state index contributed by atoms with van der Waals surface area (Å²) in [5.41, 5.74) is 7.72. The molecule has 1 N–H and O–H groups in total. The zero-order chi connectivity index (χ0) is 21.9. The van der Waals surface area contributed by atoms with E-state index >= 15 is 0 Å². The molecule has 2 heterocycles. The maximum absolute atomic E-state index is 13.5. The van der Waals surface area contributed by atoms with Gasteiger partial charge < -0.3 is 10.1 Å². The van der Waals surface area contributed by atoms with E-state index in [-0.39, 0.29) is 5.78 Å². The van der Waals surface area contributed by atoms with Crippen LogP contribution in [0.1, 0.15) is 32.1 Å². The number of ketones is 1. The fourth-order valence-corrected chi connectivity index (χ4v) is 4.76. The van der Waals surface area contributed by atoms with Crippen molar-refractivity contribution in [1.82, 2.24) is 9.97 Å². The number of hydrogen-bond donors (Lipinski definition) is 1. The van der Waals surface area contributed by atoms with Gasteiger partial charge in [-0.25, -0.2) is 4.98 Å². The molecule has 1 aliphatic carbocycles. The fraction of sp³-hybridized carbons (Fsp3) is 0.115. The second-order valence-corrected chi connectivity index (χ2v) is 8.29. The Morgan fingerprint density at radius 1 is 1.00 bits per heavy atom. The summed E-state index contributed by atoms with van der Waals surface area (Å²) in [4.78, 5) is 23.2. The first-order valence-electron chi connectivity index (χ1n) is 10.4. The van der Waals surface area contributed by atoms with E-state index in [2.05, 4.69) is 15.3 Å². The van der Waals surface area contributed by atoms with Crippen LogP contribution in [0.25, 0.3) is 11.1 Å². The quantitative estimate of drug-likeness (QED) is 0.386. The number of rotatable bonds is 7. The van der Waals surface area contributed by atoms with Crippen LogP contribution in [0, 0.1) is 6.92 Å². The van der Waals surface area contributed by atoms with Gasteiger partial charge in [0.25, 0.3) is 0 Å². The summed E-state index contributed by atoms with van der Waals surface area (Å²) in [6.07, 6.45) is 3.46. The largest absolute Gasteiger partial charge is 0.492 e. The van der Waals surface area contributed by atoms with Gasteiger partial charge in [-0.15, -0.1) is 11.3 Å². The molecule has 5 nitrogen and oxygen atoms in total. The van der Waals surface area contributed by atoms with Crippen LogP contribution < -0.4 is 10.1 Å². The number of benzene rings is 2. The highest BCUT2D eigenvalue weighted by atomic mass is 32.1. The zero-order valence-electron chi connectivity index (χ0n) is 17.5. The van der Waals surface area contributed by atoms with Crippen molar-refractivity contribution in [1.29, 1.82) is 0 Å². The second kappa shape index (κ2) is 8.77. The minimum absolute atomic E-state index is 0.0139. The molecule has 1 aliphatic rings. The van der Waals surface area contributed by atoms with Crippen molar-refractivity contribution >= 4 is 34.0 Å². The number of nitrogens with one attached hydrogen (secondary N) is 1. The number of ether oxygens (including phenoxy) is 1. The minimum atomic E-state index is 0.0139. The van der Waals surface area contributed by atoms with Gasteiger partial charge in [-0.05, 0) is 42.8 Å². The molecule has 0 amide bonds. The molecular weight excluding hydrogens is 418 g/mol. The number of carbonyl (C=O) groups excluding carboxylic acids is 1. The summed E-state index contributed by atoms with van der Waals surface area (Å²) >= 11 is 1.56.